The lowest BCUT2D eigenvalue weighted by Crippen LogP contribution is -2.51. The van der Waals surface area contributed by atoms with E-state index in [4.69, 9.17) is 33.5 Å². The van der Waals surface area contributed by atoms with Gasteiger partial charge in [-0.15, -0.1) is 0 Å². The summed E-state index contributed by atoms with van der Waals surface area (Å²) in [5.74, 6) is 1.69. The van der Waals surface area contributed by atoms with Crippen LogP contribution in [-0.2, 0) is 0 Å². The summed E-state index contributed by atoms with van der Waals surface area (Å²) in [4.78, 5) is 18.3. The van der Waals surface area contributed by atoms with Gasteiger partial charge in [0.1, 0.15) is 5.75 Å². The van der Waals surface area contributed by atoms with Crippen LogP contribution in [0.3, 0.4) is 0 Å². The Balaban J connectivity index is 1.56. The zero-order valence-electron chi connectivity index (χ0n) is 20.0. The van der Waals surface area contributed by atoms with Crippen LogP contribution in [0.25, 0.3) is 0 Å². The quantitative estimate of drug-likeness (QED) is 0.296. The molecule has 0 amide bonds. The maximum absolute atomic E-state index is 6.17. The predicted octanol–water partition coefficient (Wildman–Crippen LogP) is 4.74. The molecule has 0 spiro atoms. The fourth-order valence-electron chi connectivity index (χ4n) is 3.89. The van der Waals surface area contributed by atoms with E-state index in [0.29, 0.717) is 28.4 Å². The summed E-state index contributed by atoms with van der Waals surface area (Å²) in [6.45, 7) is 7.09. The van der Waals surface area contributed by atoms with Crippen LogP contribution in [0.15, 0.2) is 59.6 Å². The van der Waals surface area contributed by atoms with Gasteiger partial charge in [0.05, 0.1) is 12.8 Å². The number of thiocarbonyl (C=S) groups is 1. The number of ether oxygens (including phenoxy) is 1. The monoisotopic (exact) mass is 509 g/mol. The van der Waals surface area contributed by atoms with Gasteiger partial charge in [0.2, 0.25) is 17.0 Å². The molecule has 0 bridgehead atoms. The predicted molar refractivity (Wildman–Crippen MR) is 147 cm³/mol. The van der Waals surface area contributed by atoms with Crippen LogP contribution < -0.4 is 20.3 Å². The summed E-state index contributed by atoms with van der Waals surface area (Å²) in [5, 5.41) is 7.26. The maximum Gasteiger partial charge on any atom is 0.229 e. The molecular formula is C25H28ClN7OS. The Hall–Kier alpha value is -3.43. The molecule has 2 heterocycles. The summed E-state index contributed by atoms with van der Waals surface area (Å²) in [7, 11) is 1.59. The molecule has 10 heteroatoms. The number of halogens is 1. The lowest BCUT2D eigenvalue weighted by Gasteiger charge is -2.37. The molecule has 35 heavy (non-hydrogen) atoms. The number of guanidine groups is 1. The Bertz CT molecular complexity index is 1190. The minimum Gasteiger partial charge on any atom is -0.495 e. The van der Waals surface area contributed by atoms with Crippen LogP contribution in [0.5, 0.6) is 5.75 Å². The van der Waals surface area contributed by atoms with Gasteiger partial charge in [-0.25, -0.2) is 9.97 Å². The molecule has 8 nitrogen and oxygen atoms in total. The number of aliphatic imine (C=N–C) groups is 1. The van der Waals surface area contributed by atoms with E-state index in [-0.39, 0.29) is 5.11 Å². The van der Waals surface area contributed by atoms with Gasteiger partial charge >= 0.3 is 0 Å². The van der Waals surface area contributed by atoms with Crippen LogP contribution in [-0.4, -0.2) is 59.2 Å². The zero-order chi connectivity index (χ0) is 24.8. The van der Waals surface area contributed by atoms with Crippen molar-refractivity contribution < 1.29 is 4.74 Å². The molecule has 1 aliphatic rings. The van der Waals surface area contributed by atoms with E-state index < -0.39 is 0 Å². The van der Waals surface area contributed by atoms with E-state index in [2.05, 4.69) is 54.7 Å². The Morgan fingerprint density at radius 2 is 1.66 bits per heavy atom. The Morgan fingerprint density at radius 1 is 0.971 bits per heavy atom. The molecule has 1 fully saturated rings. The van der Waals surface area contributed by atoms with Crippen LogP contribution >= 0.6 is 23.8 Å². The third kappa shape index (κ3) is 6.58. The van der Waals surface area contributed by atoms with E-state index in [9.17, 15) is 0 Å². The first-order valence-corrected chi connectivity index (χ1v) is 12.1. The molecular weight excluding hydrogens is 482 g/mol. The zero-order valence-corrected chi connectivity index (χ0v) is 21.5. The molecule has 0 atom stereocenters. The van der Waals surface area contributed by atoms with Gasteiger partial charge < -0.3 is 19.9 Å². The fraction of sp³-hybridized carbons (Fsp3) is 0.280. The highest BCUT2D eigenvalue weighted by Gasteiger charge is 2.22. The smallest absolute Gasteiger partial charge is 0.229 e. The molecule has 2 N–H and O–H groups in total. The van der Waals surface area contributed by atoms with Gasteiger partial charge in [0.15, 0.2) is 0 Å². The number of methoxy groups -OCH3 is 1. The number of anilines is 3. The summed E-state index contributed by atoms with van der Waals surface area (Å²) in [6, 6.07) is 17.6. The lowest BCUT2D eigenvalue weighted by molar-refractivity contribution is 0.385. The van der Waals surface area contributed by atoms with Gasteiger partial charge in [-0.05, 0) is 62.5 Å². The number of nitrogens with zero attached hydrogens (tertiary/aromatic N) is 5. The van der Waals surface area contributed by atoms with E-state index in [1.165, 1.54) is 5.69 Å². The Kier molecular flexibility index (Phi) is 7.99. The first-order valence-electron chi connectivity index (χ1n) is 11.3. The van der Waals surface area contributed by atoms with Crippen molar-refractivity contribution in [2.75, 3.05) is 48.8 Å². The number of nitrogens with one attached hydrogen (secondary N) is 2. The lowest BCUT2D eigenvalue weighted by atomic mass is 10.2. The Labute approximate surface area is 216 Å². The number of piperazine rings is 1. The van der Waals surface area contributed by atoms with Crippen molar-refractivity contribution in [3.05, 3.63) is 71.0 Å². The first-order chi connectivity index (χ1) is 16.9. The molecule has 0 saturated carbocycles. The average molecular weight is 510 g/mol. The van der Waals surface area contributed by atoms with Crippen molar-refractivity contribution in [1.82, 2.24) is 14.9 Å². The van der Waals surface area contributed by atoms with Crippen molar-refractivity contribution in [1.29, 1.82) is 0 Å². The molecule has 0 radical (unpaired) electrons. The summed E-state index contributed by atoms with van der Waals surface area (Å²) in [5.41, 5.74) is 3.60. The molecule has 4 rings (SSSR count). The third-order valence-electron chi connectivity index (χ3n) is 5.52. The molecule has 0 aliphatic carbocycles. The largest absolute Gasteiger partial charge is 0.495 e. The van der Waals surface area contributed by atoms with Crippen molar-refractivity contribution in [2.45, 2.75) is 13.8 Å². The number of benzene rings is 2. The van der Waals surface area contributed by atoms with Crippen LogP contribution in [0.1, 0.15) is 11.4 Å². The van der Waals surface area contributed by atoms with E-state index in [0.717, 1.165) is 37.6 Å². The second kappa shape index (κ2) is 11.3. The van der Waals surface area contributed by atoms with Gasteiger partial charge in [0, 0.05) is 48.3 Å². The second-order valence-corrected chi connectivity index (χ2v) is 8.94. The fourth-order valence-corrected chi connectivity index (χ4v) is 4.26. The van der Waals surface area contributed by atoms with Gasteiger partial charge in [-0.1, -0.05) is 29.8 Å². The molecule has 1 aromatic heterocycles. The highest BCUT2D eigenvalue weighted by molar-refractivity contribution is 7.80. The van der Waals surface area contributed by atoms with Crippen molar-refractivity contribution in [3.8, 4) is 5.75 Å². The molecule has 0 unspecified atom stereocenters. The highest BCUT2D eigenvalue weighted by atomic mass is 35.5. The second-order valence-electron chi connectivity index (χ2n) is 8.12. The number of para-hydroxylation sites is 1. The van der Waals surface area contributed by atoms with Crippen molar-refractivity contribution in [3.63, 3.8) is 0 Å². The van der Waals surface area contributed by atoms with Gasteiger partial charge in [-0.3, -0.25) is 5.32 Å². The van der Waals surface area contributed by atoms with Crippen LogP contribution in [0.4, 0.5) is 17.3 Å². The van der Waals surface area contributed by atoms with E-state index >= 15 is 0 Å². The first kappa shape index (κ1) is 24.7. The van der Waals surface area contributed by atoms with Gasteiger partial charge in [-0.2, -0.15) is 4.99 Å². The van der Waals surface area contributed by atoms with Crippen LogP contribution in [0.2, 0.25) is 5.02 Å². The number of aryl methyl sites for hydroxylation is 2. The number of rotatable bonds is 4. The van der Waals surface area contributed by atoms with Gasteiger partial charge in [0.25, 0.3) is 0 Å². The molecule has 182 valence electrons. The molecule has 2 aromatic carbocycles. The number of aromatic nitrogens is 2. The van der Waals surface area contributed by atoms with Crippen LogP contribution in [0, 0.1) is 13.8 Å². The van der Waals surface area contributed by atoms with E-state index in [1.54, 1.807) is 25.3 Å². The van der Waals surface area contributed by atoms with Crippen molar-refractivity contribution in [2.24, 2.45) is 4.99 Å². The average Bonchev–Trinajstić information content (AvgIpc) is 2.84. The highest BCUT2D eigenvalue weighted by Crippen LogP contribution is 2.28. The summed E-state index contributed by atoms with van der Waals surface area (Å²) >= 11 is 11.8. The number of hydrogen-bond acceptors (Lipinski definition) is 5. The minimum atomic E-state index is 0.267. The summed E-state index contributed by atoms with van der Waals surface area (Å²) in [6.07, 6.45) is 0. The molecule has 1 saturated heterocycles. The normalized spacial score (nSPS) is 14.0. The summed E-state index contributed by atoms with van der Waals surface area (Å²) < 4.78 is 5.42. The third-order valence-corrected chi connectivity index (χ3v) is 5.95. The number of hydrogen-bond donors (Lipinski definition) is 2. The molecule has 1 aliphatic heterocycles. The topological polar surface area (TPSA) is 77.9 Å². The molecule has 3 aromatic rings. The van der Waals surface area contributed by atoms with E-state index in [1.807, 2.05) is 26.0 Å². The maximum atomic E-state index is 6.17. The van der Waals surface area contributed by atoms with Crippen molar-refractivity contribution >= 4 is 52.2 Å². The SMILES string of the molecule is COc1ccc(Cl)cc1NC(=S)/N=C(/Nc1nc(C)cc(C)n1)N1CCN(c2ccccc2)CC1. The Morgan fingerprint density at radius 3 is 2.31 bits per heavy atom. The standard InChI is InChI=1S/C25H28ClN7OS/c1-17-15-18(2)28-23(27-17)30-24(31-25(35)29-21-16-19(26)9-10-22(21)34-3)33-13-11-32(12-14-33)20-7-5-4-6-8-20/h4-10,15-16H,11-14H2,1-3H3,(H2,27,28,29,30,31,35). The minimum absolute atomic E-state index is 0.267.